The van der Waals surface area contributed by atoms with Gasteiger partial charge in [-0.15, -0.1) is 0 Å². The summed E-state index contributed by atoms with van der Waals surface area (Å²) in [5.74, 6) is -0.478. The number of carbonyl (C=O) groups is 1. The molecule has 4 nitrogen and oxygen atoms in total. The lowest BCUT2D eigenvalue weighted by Gasteiger charge is -2.03. The molecule has 0 bridgehead atoms. The van der Waals surface area contributed by atoms with E-state index in [1.807, 2.05) is 19.1 Å². The van der Waals surface area contributed by atoms with Crippen LogP contribution in [0.25, 0.3) is 5.65 Å². The zero-order valence-electron chi connectivity index (χ0n) is 11.5. The van der Waals surface area contributed by atoms with E-state index >= 15 is 0 Å². The number of nitrogens with zero attached hydrogens (tertiary/aromatic N) is 2. The Hall–Kier alpha value is -2.69. The molecular formula is C16H14FN3O. The van der Waals surface area contributed by atoms with E-state index in [1.165, 1.54) is 12.3 Å². The molecule has 2 heterocycles. The number of carbonyl (C=O) groups excluding carboxylic acids is 1. The topological polar surface area (TPSA) is 46.4 Å². The van der Waals surface area contributed by atoms with Crippen LogP contribution in [0.5, 0.6) is 0 Å². The molecule has 0 saturated heterocycles. The van der Waals surface area contributed by atoms with Crippen LogP contribution < -0.4 is 5.32 Å². The highest BCUT2D eigenvalue weighted by Crippen LogP contribution is 2.08. The average Bonchev–Trinajstić information content (AvgIpc) is 2.87. The molecule has 3 aromatic rings. The lowest BCUT2D eigenvalue weighted by atomic mass is 10.1. The van der Waals surface area contributed by atoms with Gasteiger partial charge in [0, 0.05) is 18.0 Å². The molecule has 0 aliphatic rings. The predicted molar refractivity (Wildman–Crippen MR) is 77.5 cm³/mol. The molecule has 0 atom stereocenters. The van der Waals surface area contributed by atoms with Crippen LogP contribution in [-0.4, -0.2) is 15.3 Å². The summed E-state index contributed by atoms with van der Waals surface area (Å²) in [4.78, 5) is 16.3. The molecular weight excluding hydrogens is 269 g/mol. The van der Waals surface area contributed by atoms with Crippen molar-refractivity contribution in [2.24, 2.45) is 0 Å². The Morgan fingerprint density at radius 3 is 2.71 bits per heavy atom. The minimum absolute atomic E-state index is 0.154. The second-order valence-corrected chi connectivity index (χ2v) is 4.89. The quantitative estimate of drug-likeness (QED) is 0.803. The Kier molecular flexibility index (Phi) is 3.39. The standard InChI is InChI=1S/C16H14FN3O/c1-11-2-4-12(5-3-11)16(21)18-8-14-10-20-9-13(17)6-7-15(20)19-14/h2-7,9-10H,8H2,1H3,(H,18,21). The summed E-state index contributed by atoms with van der Waals surface area (Å²) < 4.78 is 14.7. The summed E-state index contributed by atoms with van der Waals surface area (Å²) in [6.07, 6.45) is 3.06. The second kappa shape index (κ2) is 5.36. The average molecular weight is 283 g/mol. The van der Waals surface area contributed by atoms with Crippen molar-refractivity contribution in [3.8, 4) is 0 Å². The maximum Gasteiger partial charge on any atom is 0.251 e. The third kappa shape index (κ3) is 2.91. The predicted octanol–water partition coefficient (Wildman–Crippen LogP) is 2.71. The van der Waals surface area contributed by atoms with Crippen LogP contribution in [0.3, 0.4) is 0 Å². The third-order valence-corrected chi connectivity index (χ3v) is 3.21. The number of halogens is 1. The first-order valence-corrected chi connectivity index (χ1v) is 6.60. The lowest BCUT2D eigenvalue weighted by Crippen LogP contribution is -2.22. The fourth-order valence-electron chi connectivity index (χ4n) is 2.08. The molecule has 0 aliphatic carbocycles. The molecule has 0 radical (unpaired) electrons. The van der Waals surface area contributed by atoms with Gasteiger partial charge in [-0.2, -0.15) is 0 Å². The van der Waals surface area contributed by atoms with Gasteiger partial charge in [0.05, 0.1) is 12.2 Å². The van der Waals surface area contributed by atoms with Gasteiger partial charge in [-0.05, 0) is 31.2 Å². The minimum Gasteiger partial charge on any atom is -0.346 e. The molecule has 0 fully saturated rings. The second-order valence-electron chi connectivity index (χ2n) is 4.89. The van der Waals surface area contributed by atoms with Crippen molar-refractivity contribution in [3.05, 3.63) is 71.4 Å². The summed E-state index contributed by atoms with van der Waals surface area (Å²) in [5.41, 5.74) is 3.04. The highest BCUT2D eigenvalue weighted by atomic mass is 19.1. The number of aromatic nitrogens is 2. The number of hydrogen-bond donors (Lipinski definition) is 1. The molecule has 106 valence electrons. The van der Waals surface area contributed by atoms with Crippen LogP contribution in [0.2, 0.25) is 0 Å². The molecule has 0 saturated carbocycles. The number of amides is 1. The summed E-state index contributed by atoms with van der Waals surface area (Å²) in [5, 5.41) is 2.80. The highest BCUT2D eigenvalue weighted by molar-refractivity contribution is 5.94. The molecule has 0 aliphatic heterocycles. The zero-order chi connectivity index (χ0) is 14.8. The molecule has 0 unspecified atom stereocenters. The Morgan fingerprint density at radius 2 is 1.95 bits per heavy atom. The molecule has 5 heteroatoms. The van der Waals surface area contributed by atoms with Crippen LogP contribution >= 0.6 is 0 Å². The van der Waals surface area contributed by atoms with Crippen molar-refractivity contribution in [2.75, 3.05) is 0 Å². The van der Waals surface area contributed by atoms with Crippen LogP contribution in [-0.2, 0) is 6.54 Å². The summed E-state index contributed by atoms with van der Waals surface area (Å²) >= 11 is 0. The zero-order valence-corrected chi connectivity index (χ0v) is 11.5. The third-order valence-electron chi connectivity index (χ3n) is 3.21. The molecule has 21 heavy (non-hydrogen) atoms. The fourth-order valence-corrected chi connectivity index (χ4v) is 2.08. The Bertz CT molecular complexity index is 793. The summed E-state index contributed by atoms with van der Waals surface area (Å²) in [6.45, 7) is 2.27. The first-order valence-electron chi connectivity index (χ1n) is 6.60. The largest absolute Gasteiger partial charge is 0.346 e. The number of aryl methyl sites for hydroxylation is 1. The van der Waals surface area contributed by atoms with Crippen molar-refractivity contribution >= 4 is 11.6 Å². The van der Waals surface area contributed by atoms with E-state index in [4.69, 9.17) is 0 Å². The summed E-state index contributed by atoms with van der Waals surface area (Å²) in [6, 6.07) is 10.3. The van der Waals surface area contributed by atoms with Gasteiger partial charge in [-0.25, -0.2) is 9.37 Å². The minimum atomic E-state index is -0.324. The first kappa shape index (κ1) is 13.3. The van der Waals surface area contributed by atoms with Crippen LogP contribution in [0.15, 0.2) is 48.8 Å². The normalized spacial score (nSPS) is 10.8. The van der Waals surface area contributed by atoms with E-state index in [9.17, 15) is 9.18 Å². The van der Waals surface area contributed by atoms with Crippen LogP contribution in [0, 0.1) is 12.7 Å². The van der Waals surface area contributed by atoms with Gasteiger partial charge in [0.2, 0.25) is 0 Å². The first-order chi connectivity index (χ1) is 10.1. The molecule has 3 rings (SSSR count). The SMILES string of the molecule is Cc1ccc(C(=O)NCc2cn3cc(F)ccc3n2)cc1. The molecule has 2 aromatic heterocycles. The van der Waals surface area contributed by atoms with Crippen molar-refractivity contribution in [1.82, 2.24) is 14.7 Å². The lowest BCUT2D eigenvalue weighted by molar-refractivity contribution is 0.0950. The van der Waals surface area contributed by atoms with Crippen molar-refractivity contribution in [2.45, 2.75) is 13.5 Å². The number of rotatable bonds is 3. The maximum atomic E-state index is 13.1. The van der Waals surface area contributed by atoms with Gasteiger partial charge >= 0.3 is 0 Å². The van der Waals surface area contributed by atoms with E-state index < -0.39 is 0 Å². The smallest absolute Gasteiger partial charge is 0.251 e. The Balaban J connectivity index is 1.71. The van der Waals surface area contributed by atoms with E-state index in [0.717, 1.165) is 5.56 Å². The van der Waals surface area contributed by atoms with Gasteiger partial charge in [-0.1, -0.05) is 17.7 Å². The number of hydrogen-bond acceptors (Lipinski definition) is 2. The number of pyridine rings is 1. The van der Waals surface area contributed by atoms with Gasteiger partial charge < -0.3 is 9.72 Å². The van der Waals surface area contributed by atoms with E-state index in [1.54, 1.807) is 28.8 Å². The molecule has 1 amide bonds. The number of nitrogens with one attached hydrogen (secondary N) is 1. The Morgan fingerprint density at radius 1 is 1.19 bits per heavy atom. The number of fused-ring (bicyclic) bond motifs is 1. The van der Waals surface area contributed by atoms with E-state index in [0.29, 0.717) is 23.4 Å². The van der Waals surface area contributed by atoms with Crippen LogP contribution in [0.1, 0.15) is 21.6 Å². The molecule has 1 N–H and O–H groups in total. The van der Waals surface area contributed by atoms with Crippen molar-refractivity contribution in [1.29, 1.82) is 0 Å². The van der Waals surface area contributed by atoms with Gasteiger partial charge in [0.1, 0.15) is 11.5 Å². The molecule has 0 spiro atoms. The number of benzene rings is 1. The van der Waals surface area contributed by atoms with Crippen LogP contribution in [0.4, 0.5) is 4.39 Å². The van der Waals surface area contributed by atoms with Crippen molar-refractivity contribution < 1.29 is 9.18 Å². The van der Waals surface area contributed by atoms with E-state index in [2.05, 4.69) is 10.3 Å². The molecule has 1 aromatic carbocycles. The van der Waals surface area contributed by atoms with Gasteiger partial charge in [0.15, 0.2) is 0 Å². The van der Waals surface area contributed by atoms with Gasteiger partial charge in [0.25, 0.3) is 5.91 Å². The van der Waals surface area contributed by atoms with Gasteiger partial charge in [-0.3, -0.25) is 4.79 Å². The fraction of sp³-hybridized carbons (Fsp3) is 0.125. The Labute approximate surface area is 121 Å². The monoisotopic (exact) mass is 283 g/mol. The summed E-state index contributed by atoms with van der Waals surface area (Å²) in [7, 11) is 0. The number of imidazole rings is 1. The van der Waals surface area contributed by atoms with E-state index in [-0.39, 0.29) is 11.7 Å². The highest BCUT2D eigenvalue weighted by Gasteiger charge is 2.07. The maximum absolute atomic E-state index is 13.1. The van der Waals surface area contributed by atoms with Crippen molar-refractivity contribution in [3.63, 3.8) is 0 Å².